The van der Waals surface area contributed by atoms with Gasteiger partial charge in [0.2, 0.25) is 4.96 Å². The van der Waals surface area contributed by atoms with Crippen LogP contribution >= 0.6 is 11.3 Å². The number of hydrogen-bond acceptors (Lipinski definition) is 7. The summed E-state index contributed by atoms with van der Waals surface area (Å²) < 4.78 is 11.8. The molecule has 0 fully saturated rings. The lowest BCUT2D eigenvalue weighted by atomic mass is 10.1. The number of rotatable bonds is 7. The minimum Gasteiger partial charge on any atom is -0.482 e. The summed E-state index contributed by atoms with van der Waals surface area (Å²) >= 11 is 1.37. The van der Waals surface area contributed by atoms with E-state index in [4.69, 9.17) is 9.47 Å². The molecule has 0 aliphatic carbocycles. The second kappa shape index (κ2) is 8.30. The van der Waals surface area contributed by atoms with Crippen molar-refractivity contribution in [3.05, 3.63) is 57.0 Å². The number of esters is 1. The first-order valence-corrected chi connectivity index (χ1v) is 9.46. The Morgan fingerprint density at radius 3 is 2.70 bits per heavy atom. The first kappa shape index (κ1) is 19.0. The average Bonchev–Trinajstić information content (AvgIpc) is 3.01. The number of carbonyl (C=O) groups excluding carboxylic acids is 1. The standard InChI is InChI=1S/C19H21N3O4S/c1-12(2)8-16-21-22-17(23)9-14(20-19(22)27-16)10-26-18(24)11-25-15-6-4-13(3)5-7-15/h4-7,9,12H,8,10-11H2,1-3H3. The molecule has 27 heavy (non-hydrogen) atoms. The molecule has 0 atom stereocenters. The highest BCUT2D eigenvalue weighted by Crippen LogP contribution is 2.15. The first-order chi connectivity index (χ1) is 12.9. The number of hydrogen-bond donors (Lipinski definition) is 0. The van der Waals surface area contributed by atoms with E-state index in [1.807, 2.05) is 19.1 Å². The normalized spacial score (nSPS) is 11.1. The van der Waals surface area contributed by atoms with Crippen molar-refractivity contribution in [2.75, 3.05) is 6.61 Å². The molecule has 7 nitrogen and oxygen atoms in total. The van der Waals surface area contributed by atoms with Crippen LogP contribution in [0.5, 0.6) is 5.75 Å². The van der Waals surface area contributed by atoms with Crippen LogP contribution in [0.2, 0.25) is 0 Å². The molecular weight excluding hydrogens is 366 g/mol. The lowest BCUT2D eigenvalue weighted by molar-refractivity contribution is -0.147. The number of aromatic nitrogens is 3. The van der Waals surface area contributed by atoms with E-state index >= 15 is 0 Å². The molecule has 0 aliphatic heterocycles. The fraction of sp³-hybridized carbons (Fsp3) is 0.368. The summed E-state index contributed by atoms with van der Waals surface area (Å²) in [5.74, 6) is 0.510. The monoisotopic (exact) mass is 387 g/mol. The highest BCUT2D eigenvalue weighted by atomic mass is 32.1. The molecule has 0 unspecified atom stereocenters. The quantitative estimate of drug-likeness (QED) is 0.580. The van der Waals surface area contributed by atoms with E-state index < -0.39 is 5.97 Å². The zero-order valence-corrected chi connectivity index (χ0v) is 16.3. The van der Waals surface area contributed by atoms with Crippen LogP contribution in [0.15, 0.2) is 35.1 Å². The van der Waals surface area contributed by atoms with Crippen molar-refractivity contribution < 1.29 is 14.3 Å². The van der Waals surface area contributed by atoms with Crippen molar-refractivity contribution in [1.29, 1.82) is 0 Å². The molecule has 3 rings (SSSR count). The fourth-order valence-electron chi connectivity index (χ4n) is 2.37. The number of ether oxygens (including phenoxy) is 2. The number of carbonyl (C=O) groups is 1. The molecule has 0 amide bonds. The number of fused-ring (bicyclic) bond motifs is 1. The van der Waals surface area contributed by atoms with Crippen molar-refractivity contribution in [1.82, 2.24) is 14.6 Å². The number of nitrogens with zero attached hydrogens (tertiary/aromatic N) is 3. The molecule has 0 N–H and O–H groups in total. The van der Waals surface area contributed by atoms with Gasteiger partial charge in [0.25, 0.3) is 5.56 Å². The Kier molecular flexibility index (Phi) is 5.85. The molecule has 0 saturated carbocycles. The summed E-state index contributed by atoms with van der Waals surface area (Å²) in [5, 5.41) is 5.15. The minimum absolute atomic E-state index is 0.0841. The fourth-order valence-corrected chi connectivity index (χ4v) is 3.50. The third-order valence-electron chi connectivity index (χ3n) is 3.68. The smallest absolute Gasteiger partial charge is 0.344 e. The zero-order chi connectivity index (χ0) is 19.4. The maximum absolute atomic E-state index is 12.2. The SMILES string of the molecule is Cc1ccc(OCC(=O)OCc2cc(=O)n3nc(CC(C)C)sc3n2)cc1. The van der Waals surface area contributed by atoms with Crippen molar-refractivity contribution in [2.45, 2.75) is 33.8 Å². The second-order valence-corrected chi connectivity index (χ2v) is 7.68. The molecule has 0 aliphatic rings. The van der Waals surface area contributed by atoms with Gasteiger partial charge < -0.3 is 9.47 Å². The van der Waals surface area contributed by atoms with Gasteiger partial charge >= 0.3 is 5.97 Å². The van der Waals surface area contributed by atoms with Gasteiger partial charge in [0.1, 0.15) is 17.4 Å². The topological polar surface area (TPSA) is 82.8 Å². The molecule has 0 saturated heterocycles. The van der Waals surface area contributed by atoms with E-state index in [0.717, 1.165) is 17.0 Å². The Morgan fingerprint density at radius 1 is 1.26 bits per heavy atom. The predicted molar refractivity (Wildman–Crippen MR) is 102 cm³/mol. The molecule has 0 bridgehead atoms. The number of aryl methyl sites for hydroxylation is 1. The molecule has 0 radical (unpaired) electrons. The van der Waals surface area contributed by atoms with E-state index in [9.17, 15) is 9.59 Å². The third kappa shape index (κ3) is 5.13. The van der Waals surface area contributed by atoms with Crippen molar-refractivity contribution in [2.24, 2.45) is 5.92 Å². The predicted octanol–water partition coefficient (Wildman–Crippen LogP) is 2.78. The van der Waals surface area contributed by atoms with Gasteiger partial charge in [-0.3, -0.25) is 4.79 Å². The van der Waals surface area contributed by atoms with E-state index in [1.165, 1.54) is 21.9 Å². The molecule has 2 heterocycles. The molecular formula is C19H21N3O4S. The van der Waals surface area contributed by atoms with E-state index in [-0.39, 0.29) is 18.8 Å². The molecule has 2 aromatic heterocycles. The molecule has 3 aromatic rings. The van der Waals surface area contributed by atoms with Crippen LogP contribution in [0.3, 0.4) is 0 Å². The second-order valence-electron chi connectivity index (χ2n) is 6.64. The Morgan fingerprint density at radius 2 is 2.00 bits per heavy atom. The Hall–Kier alpha value is -2.74. The highest BCUT2D eigenvalue weighted by Gasteiger charge is 2.12. The van der Waals surface area contributed by atoms with Crippen LogP contribution < -0.4 is 10.3 Å². The van der Waals surface area contributed by atoms with E-state index in [1.54, 1.807) is 12.1 Å². The Bertz CT molecular complexity index is 992. The molecule has 0 spiro atoms. The maximum atomic E-state index is 12.2. The lowest BCUT2D eigenvalue weighted by Gasteiger charge is -2.07. The average molecular weight is 387 g/mol. The Balaban J connectivity index is 1.59. The van der Waals surface area contributed by atoms with Gasteiger partial charge in [-0.05, 0) is 25.0 Å². The van der Waals surface area contributed by atoms with Gasteiger partial charge in [-0.1, -0.05) is 42.9 Å². The summed E-state index contributed by atoms with van der Waals surface area (Å²) in [6, 6.07) is 8.71. The summed E-state index contributed by atoms with van der Waals surface area (Å²) in [6.45, 7) is 5.86. The summed E-state index contributed by atoms with van der Waals surface area (Å²) in [4.78, 5) is 28.9. The van der Waals surface area contributed by atoms with Crippen molar-refractivity contribution >= 4 is 22.3 Å². The largest absolute Gasteiger partial charge is 0.482 e. The maximum Gasteiger partial charge on any atom is 0.344 e. The summed E-state index contributed by atoms with van der Waals surface area (Å²) in [6.07, 6.45) is 0.786. The van der Waals surface area contributed by atoms with Crippen LogP contribution in [0.4, 0.5) is 0 Å². The van der Waals surface area contributed by atoms with E-state index in [2.05, 4.69) is 23.9 Å². The van der Waals surface area contributed by atoms with Gasteiger partial charge in [0.15, 0.2) is 6.61 Å². The van der Waals surface area contributed by atoms with Crippen LogP contribution in [0.1, 0.15) is 30.1 Å². The molecule has 1 aromatic carbocycles. The number of benzene rings is 1. The van der Waals surface area contributed by atoms with Crippen LogP contribution in [0.25, 0.3) is 4.96 Å². The zero-order valence-electron chi connectivity index (χ0n) is 15.5. The van der Waals surface area contributed by atoms with Gasteiger partial charge in [-0.2, -0.15) is 9.61 Å². The first-order valence-electron chi connectivity index (χ1n) is 8.64. The molecule has 8 heteroatoms. The van der Waals surface area contributed by atoms with Crippen molar-refractivity contribution in [3.63, 3.8) is 0 Å². The lowest BCUT2D eigenvalue weighted by Crippen LogP contribution is -2.18. The van der Waals surface area contributed by atoms with Gasteiger partial charge in [-0.15, -0.1) is 0 Å². The summed E-state index contributed by atoms with van der Waals surface area (Å²) in [7, 11) is 0. The summed E-state index contributed by atoms with van der Waals surface area (Å²) in [5.41, 5.74) is 1.22. The third-order valence-corrected chi connectivity index (χ3v) is 4.61. The van der Waals surface area contributed by atoms with Gasteiger partial charge in [0, 0.05) is 12.5 Å². The van der Waals surface area contributed by atoms with Crippen LogP contribution in [-0.2, 0) is 22.6 Å². The van der Waals surface area contributed by atoms with Crippen LogP contribution in [-0.4, -0.2) is 27.2 Å². The Labute approximate surface area is 160 Å². The van der Waals surface area contributed by atoms with Gasteiger partial charge in [0.05, 0.1) is 5.69 Å². The van der Waals surface area contributed by atoms with Crippen LogP contribution in [0, 0.1) is 12.8 Å². The van der Waals surface area contributed by atoms with Crippen molar-refractivity contribution in [3.8, 4) is 5.75 Å². The highest BCUT2D eigenvalue weighted by molar-refractivity contribution is 7.16. The molecule has 142 valence electrons. The van der Waals surface area contributed by atoms with E-state index in [0.29, 0.717) is 22.3 Å². The minimum atomic E-state index is -0.526. The van der Waals surface area contributed by atoms with Gasteiger partial charge in [-0.25, -0.2) is 9.78 Å².